The summed E-state index contributed by atoms with van der Waals surface area (Å²) in [6, 6.07) is 2.03. The Bertz CT molecular complexity index is 552. The molecule has 0 spiro atoms. The monoisotopic (exact) mass is 295 g/mol. The minimum absolute atomic E-state index is 0.603. The molecule has 0 amide bonds. The second-order valence-electron chi connectivity index (χ2n) is 4.56. The van der Waals surface area contributed by atoms with Gasteiger partial charge in [0.05, 0.1) is 10.0 Å². The summed E-state index contributed by atoms with van der Waals surface area (Å²) in [5.74, 6) is 0. The van der Waals surface area contributed by atoms with Crippen LogP contribution in [0, 0.1) is 6.92 Å². The Hall–Kier alpha value is -1.16. The number of pyridine rings is 2. The zero-order valence-electron chi connectivity index (χ0n) is 10.9. The average molecular weight is 296 g/mol. The molecule has 0 aromatic carbocycles. The molecule has 0 N–H and O–H groups in total. The van der Waals surface area contributed by atoms with Crippen molar-refractivity contribution in [2.75, 3.05) is 7.05 Å². The van der Waals surface area contributed by atoms with Gasteiger partial charge in [-0.1, -0.05) is 23.2 Å². The first-order valence-electron chi connectivity index (χ1n) is 5.94. The molecule has 5 heteroatoms. The SMILES string of the molecule is Cc1cnccc1CN(C)Cc1c(Cl)cncc1Cl. The van der Waals surface area contributed by atoms with Crippen LogP contribution in [-0.2, 0) is 13.1 Å². The topological polar surface area (TPSA) is 29.0 Å². The highest BCUT2D eigenvalue weighted by atomic mass is 35.5. The van der Waals surface area contributed by atoms with E-state index in [2.05, 4.69) is 21.8 Å². The molecule has 2 heterocycles. The fourth-order valence-electron chi connectivity index (χ4n) is 1.89. The lowest BCUT2D eigenvalue weighted by molar-refractivity contribution is 0.318. The van der Waals surface area contributed by atoms with Gasteiger partial charge in [0.2, 0.25) is 0 Å². The van der Waals surface area contributed by atoms with Gasteiger partial charge in [-0.05, 0) is 31.2 Å². The Morgan fingerprint density at radius 1 is 1.05 bits per heavy atom. The highest BCUT2D eigenvalue weighted by molar-refractivity contribution is 6.35. The first-order valence-corrected chi connectivity index (χ1v) is 6.69. The van der Waals surface area contributed by atoms with E-state index in [4.69, 9.17) is 23.2 Å². The van der Waals surface area contributed by atoms with Crippen LogP contribution in [0.15, 0.2) is 30.9 Å². The van der Waals surface area contributed by atoms with E-state index < -0.39 is 0 Å². The minimum Gasteiger partial charge on any atom is -0.298 e. The maximum atomic E-state index is 6.12. The second-order valence-corrected chi connectivity index (χ2v) is 5.37. The van der Waals surface area contributed by atoms with E-state index in [0.29, 0.717) is 16.6 Å². The van der Waals surface area contributed by atoms with Crippen LogP contribution in [0.4, 0.5) is 0 Å². The number of halogens is 2. The summed E-state index contributed by atoms with van der Waals surface area (Å²) < 4.78 is 0. The highest BCUT2D eigenvalue weighted by Gasteiger charge is 2.10. The fourth-order valence-corrected chi connectivity index (χ4v) is 2.37. The van der Waals surface area contributed by atoms with Gasteiger partial charge in [-0.25, -0.2) is 0 Å². The summed E-state index contributed by atoms with van der Waals surface area (Å²) in [6.07, 6.45) is 6.92. The molecule has 0 saturated heterocycles. The van der Waals surface area contributed by atoms with Gasteiger partial charge in [0.25, 0.3) is 0 Å². The maximum absolute atomic E-state index is 6.12. The third-order valence-electron chi connectivity index (χ3n) is 2.96. The summed E-state index contributed by atoms with van der Waals surface area (Å²) in [5.41, 5.74) is 3.34. The molecule has 2 rings (SSSR count). The van der Waals surface area contributed by atoms with Gasteiger partial charge in [0, 0.05) is 43.4 Å². The summed E-state index contributed by atoms with van der Waals surface area (Å²) in [6.45, 7) is 3.56. The zero-order chi connectivity index (χ0) is 13.8. The lowest BCUT2D eigenvalue weighted by atomic mass is 10.1. The van der Waals surface area contributed by atoms with Crippen LogP contribution in [0.2, 0.25) is 10.0 Å². The Balaban J connectivity index is 2.10. The molecule has 0 bridgehead atoms. The molecule has 0 fully saturated rings. The van der Waals surface area contributed by atoms with Gasteiger partial charge < -0.3 is 0 Å². The predicted octanol–water partition coefficient (Wildman–Crippen LogP) is 3.72. The Kier molecular flexibility index (Phi) is 4.75. The van der Waals surface area contributed by atoms with Gasteiger partial charge in [-0.3, -0.25) is 14.9 Å². The molecule has 0 radical (unpaired) electrons. The lowest BCUT2D eigenvalue weighted by Crippen LogP contribution is -2.18. The lowest BCUT2D eigenvalue weighted by Gasteiger charge is -2.19. The van der Waals surface area contributed by atoms with Crippen molar-refractivity contribution in [2.45, 2.75) is 20.0 Å². The molecule has 0 aliphatic heterocycles. The highest BCUT2D eigenvalue weighted by Crippen LogP contribution is 2.24. The number of aryl methyl sites for hydroxylation is 1. The molecule has 0 aliphatic rings. The average Bonchev–Trinajstić information content (AvgIpc) is 2.37. The maximum Gasteiger partial charge on any atom is 0.0649 e. The molecule has 2 aromatic heterocycles. The van der Waals surface area contributed by atoms with E-state index in [1.54, 1.807) is 12.4 Å². The molecule has 2 aromatic rings. The quantitative estimate of drug-likeness (QED) is 0.861. The van der Waals surface area contributed by atoms with Crippen molar-refractivity contribution in [3.63, 3.8) is 0 Å². The third kappa shape index (κ3) is 3.66. The minimum atomic E-state index is 0.603. The number of nitrogens with zero attached hydrogens (tertiary/aromatic N) is 3. The van der Waals surface area contributed by atoms with Crippen LogP contribution in [0.3, 0.4) is 0 Å². The van der Waals surface area contributed by atoms with Crippen LogP contribution in [0.5, 0.6) is 0 Å². The van der Waals surface area contributed by atoms with Gasteiger partial charge in [-0.15, -0.1) is 0 Å². The largest absolute Gasteiger partial charge is 0.298 e. The van der Waals surface area contributed by atoms with Gasteiger partial charge in [0.1, 0.15) is 0 Å². The van der Waals surface area contributed by atoms with E-state index in [0.717, 1.165) is 12.1 Å². The molecule has 3 nitrogen and oxygen atoms in total. The van der Waals surface area contributed by atoms with Crippen molar-refractivity contribution in [3.8, 4) is 0 Å². The molecule has 0 atom stereocenters. The molecule has 100 valence electrons. The van der Waals surface area contributed by atoms with Gasteiger partial charge in [-0.2, -0.15) is 0 Å². The summed E-state index contributed by atoms with van der Waals surface area (Å²) in [5, 5.41) is 1.21. The number of hydrogen-bond acceptors (Lipinski definition) is 3. The predicted molar refractivity (Wildman–Crippen MR) is 78.4 cm³/mol. The van der Waals surface area contributed by atoms with E-state index in [9.17, 15) is 0 Å². The van der Waals surface area contributed by atoms with Crippen LogP contribution >= 0.6 is 23.2 Å². The van der Waals surface area contributed by atoms with Gasteiger partial charge >= 0.3 is 0 Å². The van der Waals surface area contributed by atoms with E-state index in [1.165, 1.54) is 11.1 Å². The van der Waals surface area contributed by atoms with Crippen LogP contribution in [-0.4, -0.2) is 21.9 Å². The van der Waals surface area contributed by atoms with Crippen LogP contribution < -0.4 is 0 Å². The molecular weight excluding hydrogens is 281 g/mol. The molecule has 0 saturated carbocycles. The molecular formula is C14H15Cl2N3. The van der Waals surface area contributed by atoms with Crippen molar-refractivity contribution < 1.29 is 0 Å². The fraction of sp³-hybridized carbons (Fsp3) is 0.286. The molecule has 0 aliphatic carbocycles. The summed E-state index contributed by atoms with van der Waals surface area (Å²) >= 11 is 12.2. The Labute approximate surface area is 123 Å². The van der Waals surface area contributed by atoms with Crippen molar-refractivity contribution in [1.82, 2.24) is 14.9 Å². The Morgan fingerprint density at radius 2 is 1.74 bits per heavy atom. The Morgan fingerprint density at radius 3 is 2.37 bits per heavy atom. The van der Waals surface area contributed by atoms with E-state index in [1.807, 2.05) is 25.5 Å². The summed E-state index contributed by atoms with van der Waals surface area (Å²) in [4.78, 5) is 10.2. The van der Waals surface area contributed by atoms with Crippen molar-refractivity contribution in [2.24, 2.45) is 0 Å². The van der Waals surface area contributed by atoms with Crippen molar-refractivity contribution in [1.29, 1.82) is 0 Å². The number of aromatic nitrogens is 2. The van der Waals surface area contributed by atoms with Crippen LogP contribution in [0.1, 0.15) is 16.7 Å². The first kappa shape index (κ1) is 14.3. The van der Waals surface area contributed by atoms with Crippen molar-refractivity contribution in [3.05, 3.63) is 57.6 Å². The summed E-state index contributed by atoms with van der Waals surface area (Å²) in [7, 11) is 2.03. The smallest absolute Gasteiger partial charge is 0.0649 e. The standard InChI is InChI=1S/C14H15Cl2N3/c1-10-5-17-4-3-11(10)8-19(2)9-12-13(15)6-18-7-14(12)16/h3-7H,8-9H2,1-2H3. The first-order chi connectivity index (χ1) is 9.08. The van der Waals surface area contributed by atoms with E-state index >= 15 is 0 Å². The van der Waals surface area contributed by atoms with E-state index in [-0.39, 0.29) is 0 Å². The van der Waals surface area contributed by atoms with Crippen LogP contribution in [0.25, 0.3) is 0 Å². The van der Waals surface area contributed by atoms with Crippen molar-refractivity contribution >= 4 is 23.2 Å². The third-order valence-corrected chi connectivity index (χ3v) is 3.61. The molecule has 0 unspecified atom stereocenters. The zero-order valence-corrected chi connectivity index (χ0v) is 12.4. The normalized spacial score (nSPS) is 11.0. The molecule has 19 heavy (non-hydrogen) atoms. The van der Waals surface area contributed by atoms with Gasteiger partial charge in [0.15, 0.2) is 0 Å². The number of hydrogen-bond donors (Lipinski definition) is 0. The number of rotatable bonds is 4. The second kappa shape index (κ2) is 6.33.